The molecule has 0 saturated carbocycles. The molecule has 2 rings (SSSR count). The average Bonchev–Trinajstić information content (AvgIpc) is 2.47. The lowest BCUT2D eigenvalue weighted by molar-refractivity contribution is 0.608. The molecule has 2 heteroatoms. The van der Waals surface area contributed by atoms with Gasteiger partial charge in [0.25, 0.3) is 0 Å². The highest BCUT2D eigenvalue weighted by Gasteiger charge is 2.14. The Morgan fingerprint density at radius 2 is 1.43 bits per heavy atom. The van der Waals surface area contributed by atoms with Gasteiger partial charge in [-0.3, -0.25) is 0 Å². The van der Waals surface area contributed by atoms with E-state index in [9.17, 15) is 5.26 Å². The monoisotopic (exact) mass is 278 g/mol. The van der Waals surface area contributed by atoms with Crippen LogP contribution in [0, 0.1) is 11.3 Å². The summed E-state index contributed by atoms with van der Waals surface area (Å²) >= 11 is 0. The summed E-state index contributed by atoms with van der Waals surface area (Å²) in [6.07, 6.45) is 0. The fraction of sp³-hybridized carbons (Fsp3) is 0.316. The second kappa shape index (κ2) is 6.45. The smallest absolute Gasteiger partial charge is 0.0998 e. The number of hydrogen-bond donors (Lipinski definition) is 0. The summed E-state index contributed by atoms with van der Waals surface area (Å²) in [6, 6.07) is 19.4. The molecule has 0 spiro atoms. The maximum absolute atomic E-state index is 9.21. The molecule has 21 heavy (non-hydrogen) atoms. The van der Waals surface area contributed by atoms with Crippen molar-refractivity contribution in [1.82, 2.24) is 0 Å². The van der Waals surface area contributed by atoms with Crippen molar-refractivity contribution in [3.05, 3.63) is 54.1 Å². The van der Waals surface area contributed by atoms with Crippen LogP contribution in [-0.2, 0) is 0 Å². The van der Waals surface area contributed by atoms with Gasteiger partial charge in [0.05, 0.1) is 11.6 Å². The molecule has 0 atom stereocenters. The molecule has 0 unspecified atom stereocenters. The summed E-state index contributed by atoms with van der Waals surface area (Å²) in [5.41, 5.74) is 4.02. The van der Waals surface area contributed by atoms with Gasteiger partial charge in [-0.05, 0) is 57.0 Å². The predicted molar refractivity (Wildman–Crippen MR) is 89.3 cm³/mol. The molecule has 2 aromatic carbocycles. The van der Waals surface area contributed by atoms with E-state index in [0.717, 1.165) is 16.7 Å². The number of anilines is 1. The third-order valence-corrected chi connectivity index (χ3v) is 3.64. The maximum atomic E-state index is 9.21. The lowest BCUT2D eigenvalue weighted by atomic mass is 10.00. The molecule has 0 fully saturated rings. The summed E-state index contributed by atoms with van der Waals surface area (Å²) in [5, 5.41) is 9.21. The van der Waals surface area contributed by atoms with Crippen LogP contribution in [0.5, 0.6) is 0 Å². The van der Waals surface area contributed by atoms with Gasteiger partial charge in [-0.1, -0.05) is 30.3 Å². The lowest BCUT2D eigenvalue weighted by Gasteiger charge is -2.33. The molecule has 0 bridgehead atoms. The fourth-order valence-corrected chi connectivity index (χ4v) is 2.84. The fourth-order valence-electron chi connectivity index (χ4n) is 2.84. The van der Waals surface area contributed by atoms with Gasteiger partial charge in [-0.15, -0.1) is 0 Å². The average molecular weight is 278 g/mol. The Balaban J connectivity index is 2.37. The summed E-state index contributed by atoms with van der Waals surface area (Å²) in [4.78, 5) is 2.39. The molecule has 0 heterocycles. The zero-order chi connectivity index (χ0) is 15.4. The first-order valence-corrected chi connectivity index (χ1v) is 7.42. The minimum atomic E-state index is 0.460. The molecule has 0 radical (unpaired) electrons. The Morgan fingerprint density at radius 3 is 1.95 bits per heavy atom. The molecule has 2 nitrogen and oxygen atoms in total. The molecule has 2 aromatic rings. The number of nitriles is 1. The lowest BCUT2D eigenvalue weighted by Crippen LogP contribution is -2.36. The van der Waals surface area contributed by atoms with Gasteiger partial charge < -0.3 is 4.90 Å². The highest BCUT2D eigenvalue weighted by atomic mass is 15.2. The van der Waals surface area contributed by atoms with Gasteiger partial charge in [-0.2, -0.15) is 5.26 Å². The third kappa shape index (κ3) is 3.25. The zero-order valence-electron chi connectivity index (χ0n) is 13.2. The van der Waals surface area contributed by atoms with Crippen molar-refractivity contribution in [2.45, 2.75) is 39.8 Å². The van der Waals surface area contributed by atoms with E-state index in [0.29, 0.717) is 12.1 Å². The van der Waals surface area contributed by atoms with E-state index in [1.54, 1.807) is 0 Å². The maximum Gasteiger partial charge on any atom is 0.0998 e. The van der Waals surface area contributed by atoms with Crippen molar-refractivity contribution in [3.8, 4) is 17.2 Å². The molecular weight excluding hydrogens is 256 g/mol. The van der Waals surface area contributed by atoms with Gasteiger partial charge >= 0.3 is 0 Å². The molecule has 108 valence electrons. The van der Waals surface area contributed by atoms with E-state index in [1.807, 2.05) is 24.3 Å². The third-order valence-electron chi connectivity index (χ3n) is 3.64. The number of nitrogens with zero attached hydrogens (tertiary/aromatic N) is 2. The van der Waals surface area contributed by atoms with Crippen LogP contribution in [0.15, 0.2) is 48.5 Å². The Kier molecular flexibility index (Phi) is 4.65. The van der Waals surface area contributed by atoms with Crippen LogP contribution in [0.2, 0.25) is 0 Å². The highest BCUT2D eigenvalue weighted by molar-refractivity contribution is 5.72. The molecule has 0 aliphatic heterocycles. The van der Waals surface area contributed by atoms with Gasteiger partial charge in [-0.25, -0.2) is 0 Å². The first-order valence-electron chi connectivity index (χ1n) is 7.42. The normalized spacial score (nSPS) is 10.7. The predicted octanol–water partition coefficient (Wildman–Crippen LogP) is 4.85. The standard InChI is InChI=1S/C19H22N2/c1-14(2)21(15(3)4)18-11-9-16(10-12-18)19-8-6-5-7-17(19)13-20/h5-12,14-15H,1-4H3. The molecule has 0 aliphatic carbocycles. The number of hydrogen-bond acceptors (Lipinski definition) is 2. The summed E-state index contributed by atoms with van der Waals surface area (Å²) in [7, 11) is 0. The van der Waals surface area contributed by atoms with Crippen LogP contribution >= 0.6 is 0 Å². The molecule has 0 saturated heterocycles. The van der Waals surface area contributed by atoms with Crippen molar-refractivity contribution in [3.63, 3.8) is 0 Å². The Hall–Kier alpha value is -2.27. The van der Waals surface area contributed by atoms with Gasteiger partial charge in [0.15, 0.2) is 0 Å². The second-order valence-electron chi connectivity index (χ2n) is 5.80. The topological polar surface area (TPSA) is 27.0 Å². The summed E-state index contributed by atoms with van der Waals surface area (Å²) < 4.78 is 0. The second-order valence-corrected chi connectivity index (χ2v) is 5.80. The minimum Gasteiger partial charge on any atom is -0.367 e. The van der Waals surface area contributed by atoms with E-state index in [2.05, 4.69) is 62.9 Å². The van der Waals surface area contributed by atoms with Crippen molar-refractivity contribution < 1.29 is 0 Å². The van der Waals surface area contributed by atoms with E-state index in [4.69, 9.17) is 0 Å². The van der Waals surface area contributed by atoms with Gasteiger partial charge in [0.2, 0.25) is 0 Å². The number of benzene rings is 2. The van der Waals surface area contributed by atoms with Crippen LogP contribution in [0.25, 0.3) is 11.1 Å². The Bertz CT molecular complexity index is 625. The molecule has 0 aromatic heterocycles. The van der Waals surface area contributed by atoms with Crippen LogP contribution in [-0.4, -0.2) is 12.1 Å². The first kappa shape index (κ1) is 15.1. The minimum absolute atomic E-state index is 0.460. The van der Waals surface area contributed by atoms with Gasteiger partial charge in [0, 0.05) is 17.8 Å². The first-order chi connectivity index (χ1) is 10.0. The largest absolute Gasteiger partial charge is 0.367 e. The van der Waals surface area contributed by atoms with E-state index in [-0.39, 0.29) is 0 Å². The van der Waals surface area contributed by atoms with Gasteiger partial charge in [0.1, 0.15) is 0 Å². The number of rotatable bonds is 4. The van der Waals surface area contributed by atoms with Crippen LogP contribution in [0.3, 0.4) is 0 Å². The Morgan fingerprint density at radius 1 is 0.857 bits per heavy atom. The quantitative estimate of drug-likeness (QED) is 0.799. The van der Waals surface area contributed by atoms with Crippen molar-refractivity contribution in [2.24, 2.45) is 0 Å². The van der Waals surface area contributed by atoms with E-state index < -0.39 is 0 Å². The van der Waals surface area contributed by atoms with Crippen LogP contribution in [0.4, 0.5) is 5.69 Å². The molecule has 0 aliphatic rings. The van der Waals surface area contributed by atoms with Crippen molar-refractivity contribution in [2.75, 3.05) is 4.90 Å². The van der Waals surface area contributed by atoms with E-state index in [1.165, 1.54) is 5.69 Å². The molecular formula is C19H22N2. The summed E-state index contributed by atoms with van der Waals surface area (Å²) in [5.74, 6) is 0. The van der Waals surface area contributed by atoms with Crippen LogP contribution in [0.1, 0.15) is 33.3 Å². The molecule has 0 amide bonds. The van der Waals surface area contributed by atoms with E-state index >= 15 is 0 Å². The van der Waals surface area contributed by atoms with Crippen molar-refractivity contribution >= 4 is 5.69 Å². The highest BCUT2D eigenvalue weighted by Crippen LogP contribution is 2.27. The summed E-state index contributed by atoms with van der Waals surface area (Å²) in [6.45, 7) is 8.83. The zero-order valence-corrected chi connectivity index (χ0v) is 13.2. The SMILES string of the molecule is CC(C)N(c1ccc(-c2ccccc2C#N)cc1)C(C)C. The van der Waals surface area contributed by atoms with Crippen molar-refractivity contribution in [1.29, 1.82) is 5.26 Å². The van der Waals surface area contributed by atoms with Crippen LogP contribution < -0.4 is 4.90 Å². The Labute approximate surface area is 127 Å². The molecule has 0 N–H and O–H groups in total.